The Hall–Kier alpha value is -2.32. The maximum Gasteiger partial charge on any atom is 0.313 e. The molecule has 11 nitrogen and oxygen atoms in total. The quantitative estimate of drug-likeness (QED) is 0.0890. The number of hydrogen-bond donors (Lipinski definition) is 5. The van der Waals surface area contributed by atoms with Crippen LogP contribution >= 0.6 is 0 Å². The van der Waals surface area contributed by atoms with Gasteiger partial charge in [0.05, 0.1) is 82.7 Å². The van der Waals surface area contributed by atoms with Crippen molar-refractivity contribution in [3.05, 3.63) is 59.7 Å². The van der Waals surface area contributed by atoms with E-state index in [4.69, 9.17) is 28.4 Å². The summed E-state index contributed by atoms with van der Waals surface area (Å²) >= 11 is 0. The van der Waals surface area contributed by atoms with Gasteiger partial charge < -0.3 is 54.0 Å². The van der Waals surface area contributed by atoms with Crippen molar-refractivity contribution in [1.82, 2.24) is 0 Å². The molecule has 0 bridgehead atoms. The zero-order valence-electron chi connectivity index (χ0n) is 29.7. The van der Waals surface area contributed by atoms with E-state index in [-0.39, 0.29) is 64.0 Å². The van der Waals surface area contributed by atoms with E-state index < -0.39 is 36.3 Å². The first-order valence-corrected chi connectivity index (χ1v) is 17.1. The van der Waals surface area contributed by atoms with Gasteiger partial charge in [-0.15, -0.1) is 0 Å². The van der Waals surface area contributed by atoms with Gasteiger partial charge in [0.2, 0.25) is 0 Å². The maximum atomic E-state index is 10.6. The van der Waals surface area contributed by atoms with Crippen molar-refractivity contribution in [2.75, 3.05) is 52.9 Å². The summed E-state index contributed by atoms with van der Waals surface area (Å²) in [6.45, 7) is 11.3. The van der Waals surface area contributed by atoms with Gasteiger partial charge in [-0.2, -0.15) is 0 Å². The van der Waals surface area contributed by atoms with E-state index in [0.717, 1.165) is 11.1 Å². The van der Waals surface area contributed by atoms with Crippen LogP contribution in [0, 0.1) is 5.41 Å². The van der Waals surface area contributed by atoms with E-state index in [9.17, 15) is 25.5 Å². The van der Waals surface area contributed by atoms with E-state index in [1.54, 1.807) is 24.3 Å². The third-order valence-corrected chi connectivity index (χ3v) is 8.45. The molecule has 0 radical (unpaired) electrons. The largest absolute Gasteiger partial charge is 0.508 e. The van der Waals surface area contributed by atoms with Crippen LogP contribution in [0.2, 0.25) is 0 Å². The molecule has 0 aliphatic rings. The number of aromatic hydroxyl groups is 1. The molecule has 0 saturated heterocycles. The Bertz CT molecular complexity index is 1070. The molecule has 0 heterocycles. The molecular weight excluding hydrogens is 620 g/mol. The van der Waals surface area contributed by atoms with Gasteiger partial charge in [-0.1, -0.05) is 65.8 Å². The lowest BCUT2D eigenvalue weighted by Gasteiger charge is -2.34. The Balaban J connectivity index is 2.03. The molecule has 0 aromatic heterocycles. The summed E-state index contributed by atoms with van der Waals surface area (Å²) in [5.41, 5.74) is 0.961. The lowest BCUT2D eigenvalue weighted by Crippen LogP contribution is -2.44. The smallest absolute Gasteiger partial charge is 0.313 e. The van der Waals surface area contributed by atoms with E-state index in [2.05, 4.69) is 13.8 Å². The van der Waals surface area contributed by atoms with Gasteiger partial charge in [0.15, 0.2) is 0 Å². The molecule has 2 rings (SSSR count). The van der Waals surface area contributed by atoms with Gasteiger partial charge in [-0.05, 0) is 61.1 Å². The highest BCUT2D eigenvalue weighted by molar-refractivity contribution is 5.41. The van der Waals surface area contributed by atoms with E-state index in [0.29, 0.717) is 31.4 Å². The number of benzene rings is 2. The molecule has 2 aromatic rings. The van der Waals surface area contributed by atoms with Crippen LogP contribution in [0.25, 0.3) is 0 Å². The number of phenols is 1. The lowest BCUT2D eigenvalue weighted by molar-refractivity contribution is -0.249. The molecule has 0 aliphatic carbocycles. The minimum absolute atomic E-state index is 0.130. The second-order valence-corrected chi connectivity index (χ2v) is 13.0. The second-order valence-electron chi connectivity index (χ2n) is 13.0. The highest BCUT2D eigenvalue weighted by Crippen LogP contribution is 2.33. The Morgan fingerprint density at radius 2 is 0.958 bits per heavy atom. The van der Waals surface area contributed by atoms with Gasteiger partial charge in [0.25, 0.3) is 0 Å². The average Bonchev–Trinajstić information content (AvgIpc) is 3.07. The number of aliphatic hydroxyl groups is 4. The molecular formula is C37H60O11. The minimum atomic E-state index is -1.53. The maximum absolute atomic E-state index is 10.6. The summed E-state index contributed by atoms with van der Waals surface area (Å²) in [4.78, 5) is 0. The minimum Gasteiger partial charge on any atom is -0.508 e. The molecule has 5 unspecified atom stereocenters. The topological polar surface area (TPSA) is 157 Å². The predicted molar refractivity (Wildman–Crippen MR) is 183 cm³/mol. The summed E-state index contributed by atoms with van der Waals surface area (Å²) < 4.78 is 35.2. The standard InChI is InChI=1S/C37H60O11/c1-7-29(38)19-43-23-37(24-44-20-30(39)8-2,25-45-21-31(40)9-3)26-46-22-33(10-4)47-35(42)48-34-17-13-28(14-18-34)36(5,6)27-11-15-32(41)16-12-27/h11-18,29-31,33,35,38-42H,7-10,19-26H2,1-6H3. The number of ether oxygens (including phenoxy) is 6. The number of rotatable bonds is 26. The van der Waals surface area contributed by atoms with Crippen molar-refractivity contribution < 1.29 is 54.0 Å². The third kappa shape index (κ3) is 14.7. The van der Waals surface area contributed by atoms with Crippen molar-refractivity contribution in [3.63, 3.8) is 0 Å². The SMILES string of the molecule is CCC(O)COCC(COCC(O)CC)(COCC(O)CC)COCC(CC)OC(O)Oc1ccc(C(C)(C)c2ccc(O)cc2)cc1. The third-order valence-electron chi connectivity index (χ3n) is 8.45. The van der Waals surface area contributed by atoms with Gasteiger partial charge >= 0.3 is 6.48 Å². The molecule has 5 N–H and O–H groups in total. The highest BCUT2D eigenvalue weighted by atomic mass is 16.8. The highest BCUT2D eigenvalue weighted by Gasteiger charge is 2.34. The molecule has 0 fully saturated rings. The zero-order chi connectivity index (χ0) is 35.6. The molecule has 274 valence electrons. The fraction of sp³-hybridized carbons (Fsp3) is 0.676. The van der Waals surface area contributed by atoms with Crippen molar-refractivity contribution in [2.24, 2.45) is 5.41 Å². The molecule has 2 aromatic carbocycles. The Kier molecular flexibility index (Phi) is 18.9. The summed E-state index contributed by atoms with van der Waals surface area (Å²) in [6, 6.07) is 14.5. The normalized spacial score (nSPS) is 16.5. The van der Waals surface area contributed by atoms with Crippen LogP contribution in [0.15, 0.2) is 48.5 Å². The van der Waals surface area contributed by atoms with Crippen LogP contribution in [0.3, 0.4) is 0 Å². The van der Waals surface area contributed by atoms with Gasteiger partial charge in [-0.25, -0.2) is 0 Å². The monoisotopic (exact) mass is 680 g/mol. The first-order valence-electron chi connectivity index (χ1n) is 17.1. The van der Waals surface area contributed by atoms with Crippen LogP contribution in [0.5, 0.6) is 11.5 Å². The van der Waals surface area contributed by atoms with Gasteiger partial charge in [0.1, 0.15) is 11.5 Å². The molecule has 0 amide bonds. The number of phenolic OH excluding ortho intramolecular Hbond substituents is 1. The zero-order valence-corrected chi connectivity index (χ0v) is 29.7. The van der Waals surface area contributed by atoms with E-state index in [1.165, 1.54) is 0 Å². The van der Waals surface area contributed by atoms with Crippen molar-refractivity contribution in [2.45, 2.75) is 104 Å². The van der Waals surface area contributed by atoms with Crippen LogP contribution in [0.4, 0.5) is 0 Å². The Labute approximate surface area is 286 Å². The summed E-state index contributed by atoms with van der Waals surface area (Å²) in [6.07, 6.45) is -0.178. The molecule has 0 spiro atoms. The van der Waals surface area contributed by atoms with Gasteiger partial charge in [0, 0.05) is 5.41 Å². The molecule has 11 heteroatoms. The van der Waals surface area contributed by atoms with Crippen LogP contribution in [0.1, 0.15) is 78.4 Å². The molecule has 0 saturated carbocycles. The average molecular weight is 681 g/mol. The summed E-state index contributed by atoms with van der Waals surface area (Å²) in [5.74, 6) is 0.653. The predicted octanol–water partition coefficient (Wildman–Crippen LogP) is 4.53. The van der Waals surface area contributed by atoms with E-state index >= 15 is 0 Å². The number of hydrogen-bond acceptors (Lipinski definition) is 11. The van der Waals surface area contributed by atoms with E-state index in [1.807, 2.05) is 52.0 Å². The molecule has 48 heavy (non-hydrogen) atoms. The van der Waals surface area contributed by atoms with Crippen LogP contribution in [-0.4, -0.2) is 109 Å². The van der Waals surface area contributed by atoms with Crippen molar-refractivity contribution in [3.8, 4) is 11.5 Å². The fourth-order valence-corrected chi connectivity index (χ4v) is 4.80. The Morgan fingerprint density at radius 3 is 1.35 bits per heavy atom. The Morgan fingerprint density at radius 1 is 0.562 bits per heavy atom. The summed E-state index contributed by atoms with van der Waals surface area (Å²) in [7, 11) is 0. The van der Waals surface area contributed by atoms with Crippen LogP contribution < -0.4 is 4.74 Å². The fourth-order valence-electron chi connectivity index (χ4n) is 4.80. The first-order chi connectivity index (χ1) is 22.9. The lowest BCUT2D eigenvalue weighted by atomic mass is 9.78. The summed E-state index contributed by atoms with van der Waals surface area (Å²) in [5, 5.41) is 50.4. The molecule has 0 aliphatic heterocycles. The van der Waals surface area contributed by atoms with Crippen molar-refractivity contribution >= 4 is 0 Å². The van der Waals surface area contributed by atoms with Crippen LogP contribution in [-0.2, 0) is 29.1 Å². The second kappa shape index (κ2) is 21.7. The van der Waals surface area contributed by atoms with Crippen molar-refractivity contribution in [1.29, 1.82) is 0 Å². The molecule has 5 atom stereocenters. The van der Waals surface area contributed by atoms with Gasteiger partial charge in [-0.3, -0.25) is 0 Å². The number of aliphatic hydroxyl groups excluding tert-OH is 4. The first kappa shape index (κ1) is 41.8.